The molecule has 0 spiro atoms. The lowest BCUT2D eigenvalue weighted by molar-refractivity contribution is 0.198. The summed E-state index contributed by atoms with van der Waals surface area (Å²) in [6.45, 7) is 2.92. The summed E-state index contributed by atoms with van der Waals surface area (Å²) in [5, 5.41) is 0. The highest BCUT2D eigenvalue weighted by Crippen LogP contribution is 2.46. The second kappa shape index (κ2) is 3.62. The molecule has 2 heteroatoms. The lowest BCUT2D eigenvalue weighted by Crippen LogP contribution is -2.38. The molecule has 0 amide bonds. The maximum absolute atomic E-state index is 5.83. The van der Waals surface area contributed by atoms with Crippen LogP contribution in [0, 0.1) is 5.41 Å². The fourth-order valence-corrected chi connectivity index (χ4v) is 2.10. The van der Waals surface area contributed by atoms with Gasteiger partial charge in [-0.3, -0.25) is 0 Å². The topological polar surface area (TPSA) is 39.2 Å². The maximum atomic E-state index is 5.83. The molecule has 1 fully saturated rings. The third-order valence-electron chi connectivity index (χ3n) is 3.44. The third kappa shape index (κ3) is 1.50. The van der Waals surface area contributed by atoms with Gasteiger partial charge in [-0.05, 0) is 38.0 Å². The Morgan fingerprint density at radius 1 is 1.64 bits per heavy atom. The maximum Gasteiger partial charge on any atom is 0.126 e. The summed E-state index contributed by atoms with van der Waals surface area (Å²) in [7, 11) is 0. The van der Waals surface area contributed by atoms with Crippen LogP contribution in [0.15, 0.2) is 28.4 Å². The van der Waals surface area contributed by atoms with Crippen LogP contribution in [0.1, 0.15) is 31.9 Å². The molecule has 1 saturated carbocycles. The van der Waals surface area contributed by atoms with E-state index in [4.69, 9.17) is 10.2 Å². The van der Waals surface area contributed by atoms with Crippen LogP contribution in [0.25, 0.3) is 6.08 Å². The second-order valence-electron chi connectivity index (χ2n) is 4.18. The lowest BCUT2D eigenvalue weighted by atomic mass is 9.64. The van der Waals surface area contributed by atoms with Crippen molar-refractivity contribution in [2.24, 2.45) is 11.1 Å². The van der Waals surface area contributed by atoms with Gasteiger partial charge in [0.2, 0.25) is 0 Å². The van der Waals surface area contributed by atoms with Crippen molar-refractivity contribution in [2.75, 3.05) is 6.54 Å². The molecular weight excluding hydrogens is 174 g/mol. The molecule has 0 radical (unpaired) electrons. The quantitative estimate of drug-likeness (QED) is 0.798. The molecule has 0 bridgehead atoms. The number of hydrogen-bond acceptors (Lipinski definition) is 2. The number of rotatable bonds is 3. The van der Waals surface area contributed by atoms with Crippen molar-refractivity contribution in [2.45, 2.75) is 26.2 Å². The average Bonchev–Trinajstić information content (AvgIpc) is 2.55. The Bertz CT molecular complexity index is 315. The summed E-state index contributed by atoms with van der Waals surface area (Å²) < 4.78 is 5.30. The zero-order chi connectivity index (χ0) is 10.0. The SMILES string of the molecule is C/C(=C/c1ccco1)C1(CN)CCC1. The van der Waals surface area contributed by atoms with Crippen molar-refractivity contribution < 1.29 is 4.42 Å². The van der Waals surface area contributed by atoms with Gasteiger partial charge in [0.1, 0.15) is 5.76 Å². The van der Waals surface area contributed by atoms with Gasteiger partial charge >= 0.3 is 0 Å². The van der Waals surface area contributed by atoms with E-state index in [1.165, 1.54) is 24.8 Å². The van der Waals surface area contributed by atoms with Crippen molar-refractivity contribution in [3.8, 4) is 0 Å². The third-order valence-corrected chi connectivity index (χ3v) is 3.44. The van der Waals surface area contributed by atoms with Crippen LogP contribution in [-0.4, -0.2) is 6.54 Å². The minimum Gasteiger partial charge on any atom is -0.465 e. The van der Waals surface area contributed by atoms with Gasteiger partial charge in [0.25, 0.3) is 0 Å². The van der Waals surface area contributed by atoms with E-state index in [2.05, 4.69) is 13.0 Å². The summed E-state index contributed by atoms with van der Waals surface area (Å²) >= 11 is 0. The smallest absolute Gasteiger partial charge is 0.126 e. The van der Waals surface area contributed by atoms with E-state index in [9.17, 15) is 0 Å². The fraction of sp³-hybridized carbons (Fsp3) is 0.500. The van der Waals surface area contributed by atoms with Gasteiger partial charge < -0.3 is 10.2 Å². The van der Waals surface area contributed by atoms with Crippen LogP contribution in [0.2, 0.25) is 0 Å². The molecule has 0 atom stereocenters. The van der Waals surface area contributed by atoms with Crippen molar-refractivity contribution in [3.63, 3.8) is 0 Å². The summed E-state index contributed by atoms with van der Waals surface area (Å²) in [5.41, 5.74) is 7.46. The van der Waals surface area contributed by atoms with Crippen LogP contribution in [-0.2, 0) is 0 Å². The first-order valence-electron chi connectivity index (χ1n) is 5.19. The van der Waals surface area contributed by atoms with Crippen LogP contribution in [0.5, 0.6) is 0 Å². The Balaban J connectivity index is 2.18. The second-order valence-corrected chi connectivity index (χ2v) is 4.18. The van der Waals surface area contributed by atoms with Gasteiger partial charge in [-0.25, -0.2) is 0 Å². The van der Waals surface area contributed by atoms with E-state index < -0.39 is 0 Å². The molecule has 1 aromatic rings. The van der Waals surface area contributed by atoms with Crippen molar-refractivity contribution in [1.82, 2.24) is 0 Å². The van der Waals surface area contributed by atoms with E-state index in [-0.39, 0.29) is 5.41 Å². The molecule has 0 aliphatic heterocycles. The Kier molecular flexibility index (Phi) is 2.46. The zero-order valence-electron chi connectivity index (χ0n) is 8.62. The Morgan fingerprint density at radius 2 is 2.43 bits per heavy atom. The minimum atomic E-state index is 0.271. The molecule has 0 unspecified atom stereocenters. The Morgan fingerprint density at radius 3 is 2.86 bits per heavy atom. The van der Waals surface area contributed by atoms with Crippen LogP contribution < -0.4 is 5.73 Å². The van der Waals surface area contributed by atoms with E-state index >= 15 is 0 Å². The number of hydrogen-bond donors (Lipinski definition) is 1. The van der Waals surface area contributed by atoms with E-state index in [0.29, 0.717) is 0 Å². The van der Waals surface area contributed by atoms with Crippen molar-refractivity contribution >= 4 is 6.08 Å². The molecule has 76 valence electrons. The molecule has 0 saturated heterocycles. The monoisotopic (exact) mass is 191 g/mol. The predicted octanol–water partition coefficient (Wildman–Crippen LogP) is 2.81. The summed E-state index contributed by atoms with van der Waals surface area (Å²) in [5.74, 6) is 0.933. The van der Waals surface area contributed by atoms with Gasteiger partial charge in [0.15, 0.2) is 0 Å². The first-order chi connectivity index (χ1) is 6.77. The highest BCUT2D eigenvalue weighted by molar-refractivity contribution is 5.49. The van der Waals surface area contributed by atoms with Crippen molar-refractivity contribution in [1.29, 1.82) is 0 Å². The van der Waals surface area contributed by atoms with Crippen molar-refractivity contribution in [3.05, 3.63) is 29.7 Å². The van der Waals surface area contributed by atoms with Gasteiger partial charge in [-0.1, -0.05) is 12.0 Å². The predicted molar refractivity (Wildman–Crippen MR) is 57.7 cm³/mol. The summed E-state index contributed by atoms with van der Waals surface area (Å²) in [4.78, 5) is 0. The molecule has 1 aliphatic carbocycles. The average molecular weight is 191 g/mol. The van der Waals surface area contributed by atoms with E-state index in [0.717, 1.165) is 12.3 Å². The van der Waals surface area contributed by atoms with Gasteiger partial charge in [-0.15, -0.1) is 0 Å². The summed E-state index contributed by atoms with van der Waals surface area (Å²) in [6, 6.07) is 3.89. The van der Waals surface area contributed by atoms with E-state index in [1.54, 1.807) is 6.26 Å². The molecule has 2 nitrogen and oxygen atoms in total. The number of nitrogens with two attached hydrogens (primary N) is 1. The van der Waals surface area contributed by atoms with Crippen LogP contribution in [0.4, 0.5) is 0 Å². The Hall–Kier alpha value is -1.02. The van der Waals surface area contributed by atoms with Gasteiger partial charge in [-0.2, -0.15) is 0 Å². The molecule has 2 N–H and O–H groups in total. The first kappa shape index (κ1) is 9.53. The normalized spacial score (nSPS) is 20.6. The van der Waals surface area contributed by atoms with Crippen LogP contribution in [0.3, 0.4) is 0 Å². The zero-order valence-corrected chi connectivity index (χ0v) is 8.62. The largest absolute Gasteiger partial charge is 0.465 e. The fourth-order valence-electron chi connectivity index (χ4n) is 2.10. The lowest BCUT2D eigenvalue weighted by Gasteiger charge is -2.42. The Labute approximate surface area is 84.8 Å². The molecule has 2 rings (SSSR count). The van der Waals surface area contributed by atoms with Crippen LogP contribution >= 0.6 is 0 Å². The highest BCUT2D eigenvalue weighted by Gasteiger charge is 2.36. The molecule has 0 aromatic carbocycles. The molecule has 1 aromatic heterocycles. The van der Waals surface area contributed by atoms with Gasteiger partial charge in [0, 0.05) is 12.0 Å². The molecule has 1 aliphatic rings. The first-order valence-corrected chi connectivity index (χ1v) is 5.19. The van der Waals surface area contributed by atoms with Gasteiger partial charge in [0.05, 0.1) is 6.26 Å². The standard InChI is InChI=1S/C12H17NO/c1-10(8-11-4-2-7-14-11)12(9-13)5-3-6-12/h2,4,7-8H,3,5-6,9,13H2,1H3/b10-8-. The molecular formula is C12H17NO. The molecule has 1 heterocycles. The van der Waals surface area contributed by atoms with E-state index in [1.807, 2.05) is 12.1 Å². The summed E-state index contributed by atoms with van der Waals surface area (Å²) in [6.07, 6.45) is 7.58. The molecule has 14 heavy (non-hydrogen) atoms. The minimum absolute atomic E-state index is 0.271. The highest BCUT2D eigenvalue weighted by atomic mass is 16.3. The number of furan rings is 1.